The quantitative estimate of drug-likeness (QED) is 0.889. The van der Waals surface area contributed by atoms with Gasteiger partial charge in [-0.25, -0.2) is 4.79 Å². The Morgan fingerprint density at radius 1 is 1.16 bits per heavy atom. The second-order valence-electron chi connectivity index (χ2n) is 6.80. The Balaban J connectivity index is 1.61. The molecule has 0 spiro atoms. The van der Waals surface area contributed by atoms with Gasteiger partial charge >= 0.3 is 6.03 Å². The molecular formula is C18H27N5O2. The Labute approximate surface area is 149 Å². The number of urea groups is 1. The number of hydrogen-bond donors (Lipinski definition) is 1. The maximum Gasteiger partial charge on any atom is 0.317 e. The first-order chi connectivity index (χ1) is 12.1. The average Bonchev–Trinajstić information content (AvgIpc) is 3.13. The van der Waals surface area contributed by atoms with Gasteiger partial charge in [0, 0.05) is 58.1 Å². The van der Waals surface area contributed by atoms with Crippen molar-refractivity contribution in [2.75, 3.05) is 46.3 Å². The second kappa shape index (κ2) is 7.39. The molecule has 1 aromatic heterocycles. The predicted molar refractivity (Wildman–Crippen MR) is 95.4 cm³/mol. The van der Waals surface area contributed by atoms with Crippen LogP contribution in [0.5, 0.6) is 0 Å². The highest BCUT2D eigenvalue weighted by Gasteiger charge is 2.44. The molecule has 1 N–H and O–H groups in total. The van der Waals surface area contributed by atoms with Gasteiger partial charge < -0.3 is 15.1 Å². The van der Waals surface area contributed by atoms with Gasteiger partial charge in [0.25, 0.3) is 5.91 Å². The topological polar surface area (TPSA) is 68.8 Å². The van der Waals surface area contributed by atoms with Crippen LogP contribution in [0.15, 0.2) is 24.4 Å². The minimum atomic E-state index is -0.000657. The van der Waals surface area contributed by atoms with Crippen LogP contribution in [0.1, 0.15) is 30.3 Å². The van der Waals surface area contributed by atoms with Crippen LogP contribution < -0.4 is 5.32 Å². The average molecular weight is 345 g/mol. The summed E-state index contributed by atoms with van der Waals surface area (Å²) in [6.07, 6.45) is 3.65. The lowest BCUT2D eigenvalue weighted by molar-refractivity contribution is 0.0298. The molecule has 2 aliphatic rings. The SMILES string of the molecule is CCC1(N2CCN(C(=O)c3ccccn3)CC2)CCN(C(=O)NC)C1. The lowest BCUT2D eigenvalue weighted by Crippen LogP contribution is -2.59. The van der Waals surface area contributed by atoms with E-state index in [0.717, 1.165) is 39.0 Å². The molecule has 0 radical (unpaired) electrons. The highest BCUT2D eigenvalue weighted by atomic mass is 16.2. The van der Waals surface area contributed by atoms with Crippen LogP contribution >= 0.6 is 0 Å². The molecule has 7 heteroatoms. The molecule has 0 saturated carbocycles. The Kier molecular flexibility index (Phi) is 5.22. The fourth-order valence-electron chi connectivity index (χ4n) is 3.99. The first kappa shape index (κ1) is 17.7. The maximum absolute atomic E-state index is 12.5. The second-order valence-corrected chi connectivity index (χ2v) is 6.80. The first-order valence-electron chi connectivity index (χ1n) is 9.01. The normalized spacial score (nSPS) is 24.4. The van der Waals surface area contributed by atoms with Crippen molar-refractivity contribution in [3.05, 3.63) is 30.1 Å². The van der Waals surface area contributed by atoms with Crippen LogP contribution in [0.25, 0.3) is 0 Å². The number of carbonyl (C=O) groups is 2. The number of nitrogens with zero attached hydrogens (tertiary/aromatic N) is 4. The van der Waals surface area contributed by atoms with Crippen LogP contribution in [0.2, 0.25) is 0 Å². The molecule has 3 amide bonds. The highest BCUT2D eigenvalue weighted by Crippen LogP contribution is 2.32. The van der Waals surface area contributed by atoms with Crippen LogP contribution in [0.4, 0.5) is 4.79 Å². The molecule has 1 aromatic rings. The van der Waals surface area contributed by atoms with Crippen molar-refractivity contribution in [1.29, 1.82) is 0 Å². The molecule has 3 rings (SSSR count). The Bertz CT molecular complexity index is 615. The van der Waals surface area contributed by atoms with Crippen molar-refractivity contribution < 1.29 is 9.59 Å². The minimum absolute atomic E-state index is 0.000657. The summed E-state index contributed by atoms with van der Waals surface area (Å²) in [7, 11) is 1.68. The van der Waals surface area contributed by atoms with E-state index in [9.17, 15) is 9.59 Å². The third kappa shape index (κ3) is 3.46. The monoisotopic (exact) mass is 345 g/mol. The van der Waals surface area contributed by atoms with Gasteiger partial charge in [-0.1, -0.05) is 13.0 Å². The van der Waals surface area contributed by atoms with Gasteiger partial charge in [0.1, 0.15) is 5.69 Å². The van der Waals surface area contributed by atoms with Crippen molar-refractivity contribution in [3.8, 4) is 0 Å². The van der Waals surface area contributed by atoms with Crippen molar-refractivity contribution >= 4 is 11.9 Å². The molecule has 1 unspecified atom stereocenters. The zero-order chi connectivity index (χ0) is 17.9. The molecule has 0 aliphatic carbocycles. The van der Waals surface area contributed by atoms with E-state index in [2.05, 4.69) is 22.1 Å². The molecule has 1 atom stereocenters. The van der Waals surface area contributed by atoms with Crippen molar-refractivity contribution in [2.45, 2.75) is 25.3 Å². The van der Waals surface area contributed by atoms with Gasteiger partial charge in [-0.2, -0.15) is 0 Å². The van der Waals surface area contributed by atoms with Gasteiger partial charge in [-0.15, -0.1) is 0 Å². The predicted octanol–water partition coefficient (Wildman–Crippen LogP) is 1.03. The lowest BCUT2D eigenvalue weighted by atomic mass is 9.92. The molecule has 3 heterocycles. The highest BCUT2D eigenvalue weighted by molar-refractivity contribution is 5.92. The summed E-state index contributed by atoms with van der Waals surface area (Å²) in [5.41, 5.74) is 0.542. The van der Waals surface area contributed by atoms with E-state index >= 15 is 0 Å². The minimum Gasteiger partial charge on any atom is -0.341 e. The molecule has 2 saturated heterocycles. The molecule has 2 aliphatic heterocycles. The van der Waals surface area contributed by atoms with Gasteiger partial charge in [-0.05, 0) is 25.0 Å². The lowest BCUT2D eigenvalue weighted by Gasteiger charge is -2.45. The smallest absolute Gasteiger partial charge is 0.317 e. The molecule has 136 valence electrons. The van der Waals surface area contributed by atoms with E-state index in [-0.39, 0.29) is 17.5 Å². The zero-order valence-corrected chi connectivity index (χ0v) is 15.1. The molecule has 25 heavy (non-hydrogen) atoms. The fourth-order valence-corrected chi connectivity index (χ4v) is 3.99. The van der Waals surface area contributed by atoms with Crippen LogP contribution in [-0.2, 0) is 0 Å². The third-order valence-corrected chi connectivity index (χ3v) is 5.61. The summed E-state index contributed by atoms with van der Waals surface area (Å²) < 4.78 is 0. The Morgan fingerprint density at radius 2 is 1.92 bits per heavy atom. The molecule has 7 nitrogen and oxygen atoms in total. The van der Waals surface area contributed by atoms with Crippen molar-refractivity contribution in [3.63, 3.8) is 0 Å². The molecule has 0 aromatic carbocycles. The number of piperazine rings is 1. The number of nitrogens with one attached hydrogen (secondary N) is 1. The van der Waals surface area contributed by atoms with E-state index in [1.165, 1.54) is 0 Å². The third-order valence-electron chi connectivity index (χ3n) is 5.61. The van der Waals surface area contributed by atoms with Crippen molar-refractivity contribution in [2.24, 2.45) is 0 Å². The van der Waals surface area contributed by atoms with Crippen LogP contribution in [-0.4, -0.2) is 83.5 Å². The summed E-state index contributed by atoms with van der Waals surface area (Å²) >= 11 is 0. The number of aromatic nitrogens is 1. The first-order valence-corrected chi connectivity index (χ1v) is 9.01. The summed E-state index contributed by atoms with van der Waals surface area (Å²) in [4.78, 5) is 34.9. The number of rotatable bonds is 3. The van der Waals surface area contributed by atoms with Crippen LogP contribution in [0, 0.1) is 0 Å². The van der Waals surface area contributed by atoms with Gasteiger partial charge in [0.2, 0.25) is 0 Å². The maximum atomic E-state index is 12.5. The van der Waals surface area contributed by atoms with Crippen molar-refractivity contribution in [1.82, 2.24) is 25.0 Å². The molecule has 2 fully saturated rings. The van der Waals surface area contributed by atoms with Gasteiger partial charge in [-0.3, -0.25) is 14.7 Å². The van der Waals surface area contributed by atoms with E-state index < -0.39 is 0 Å². The van der Waals surface area contributed by atoms with E-state index in [4.69, 9.17) is 0 Å². The summed E-state index contributed by atoms with van der Waals surface area (Å²) in [6, 6.07) is 5.42. The van der Waals surface area contributed by atoms with Gasteiger partial charge in [0.15, 0.2) is 0 Å². The van der Waals surface area contributed by atoms with Crippen LogP contribution in [0.3, 0.4) is 0 Å². The molecule has 0 bridgehead atoms. The Morgan fingerprint density at radius 3 is 2.52 bits per heavy atom. The summed E-state index contributed by atoms with van der Waals surface area (Å²) in [5, 5.41) is 2.72. The zero-order valence-electron chi connectivity index (χ0n) is 15.1. The Hall–Kier alpha value is -2.15. The fraction of sp³-hybridized carbons (Fsp3) is 0.611. The molecular weight excluding hydrogens is 318 g/mol. The van der Waals surface area contributed by atoms with Gasteiger partial charge in [0.05, 0.1) is 0 Å². The van der Waals surface area contributed by atoms with E-state index in [0.29, 0.717) is 18.8 Å². The largest absolute Gasteiger partial charge is 0.341 e. The number of pyridine rings is 1. The number of likely N-dealkylation sites (tertiary alicyclic amines) is 1. The number of carbonyl (C=O) groups excluding carboxylic acids is 2. The standard InChI is InChI=1S/C18H27N5O2/c1-3-18(7-9-22(14-18)17(25)19-2)23-12-10-21(11-13-23)16(24)15-6-4-5-8-20-15/h4-6,8H,3,7,9-14H2,1-2H3,(H,19,25). The summed E-state index contributed by atoms with van der Waals surface area (Å²) in [6.45, 7) is 6.84. The van der Waals surface area contributed by atoms with E-state index in [1.807, 2.05) is 21.9 Å². The summed E-state index contributed by atoms with van der Waals surface area (Å²) in [5.74, 6) is 0.00390. The number of hydrogen-bond acceptors (Lipinski definition) is 4. The number of amides is 3. The van der Waals surface area contributed by atoms with E-state index in [1.54, 1.807) is 19.3 Å².